The van der Waals surface area contributed by atoms with Crippen LogP contribution in [0.4, 0.5) is 0 Å². The van der Waals surface area contributed by atoms with Gasteiger partial charge in [0.25, 0.3) is 0 Å². The average Bonchev–Trinajstić information content (AvgIpc) is 1.64. The molecular weight excluding hydrogens is 191 g/mol. The van der Waals surface area contributed by atoms with Crippen molar-refractivity contribution in [2.45, 2.75) is 43.6 Å². The van der Waals surface area contributed by atoms with Crippen molar-refractivity contribution in [2.24, 2.45) is 0 Å². The summed E-state index contributed by atoms with van der Waals surface area (Å²) in [5.74, 6) is 0. The Bertz CT molecular complexity index is 107. The summed E-state index contributed by atoms with van der Waals surface area (Å²) >= 11 is 0. The monoisotopic (exact) mass is 218 g/mol. The van der Waals surface area contributed by atoms with Gasteiger partial charge in [0.05, 0.1) is 13.2 Å². The molecule has 0 aromatic heterocycles. The molecule has 5 heteroatoms. The minimum Gasteiger partial charge on any atom is -0.302 e. The average molecular weight is 218 g/mol. The number of phosphoric acid groups is 1. The van der Waals surface area contributed by atoms with Crippen LogP contribution in [0.25, 0.3) is 0 Å². The van der Waals surface area contributed by atoms with Crippen LogP contribution in [0, 0.1) is 0 Å². The smallest absolute Gasteiger partial charge is 0.302 e. The highest BCUT2D eigenvalue weighted by Gasteiger charge is 2.17. The van der Waals surface area contributed by atoms with E-state index in [2.05, 4.69) is 9.05 Å². The maximum Gasteiger partial charge on any atom is 0.472 e. The number of phosphoric ester groups is 1. The van der Waals surface area contributed by atoms with Gasteiger partial charge in [-0.2, -0.15) is 0 Å². The van der Waals surface area contributed by atoms with E-state index in [1.807, 2.05) is 0 Å². The standard InChI is InChI=1S/C4H11O4P.4CH4/c1-3-7-9(5,6)8-4-2;;;;/h3-4H2,1-2H3,(H,5,6);4*1H4. The summed E-state index contributed by atoms with van der Waals surface area (Å²) in [4.78, 5) is 8.63. The first-order valence-corrected chi connectivity index (χ1v) is 4.23. The van der Waals surface area contributed by atoms with E-state index in [4.69, 9.17) is 4.89 Å². The Labute approximate surface area is 83.9 Å². The van der Waals surface area contributed by atoms with Crippen LogP contribution in [0.5, 0.6) is 0 Å². The molecule has 0 aliphatic carbocycles. The van der Waals surface area contributed by atoms with Crippen LogP contribution in [0.15, 0.2) is 0 Å². The lowest BCUT2D eigenvalue weighted by Crippen LogP contribution is -1.93. The fourth-order valence-corrected chi connectivity index (χ4v) is 1.09. The van der Waals surface area contributed by atoms with Crippen LogP contribution in [0.1, 0.15) is 43.6 Å². The molecule has 0 radical (unpaired) electrons. The van der Waals surface area contributed by atoms with Gasteiger partial charge in [0.2, 0.25) is 0 Å². The molecule has 0 unspecified atom stereocenters. The molecule has 0 aromatic rings. The summed E-state index contributed by atoms with van der Waals surface area (Å²) in [5.41, 5.74) is 0. The van der Waals surface area contributed by atoms with Gasteiger partial charge in [-0.05, 0) is 13.8 Å². The molecule has 0 saturated carbocycles. The quantitative estimate of drug-likeness (QED) is 0.731. The van der Waals surface area contributed by atoms with Crippen LogP contribution in [0.3, 0.4) is 0 Å². The summed E-state index contributed by atoms with van der Waals surface area (Å²) in [5, 5.41) is 0. The van der Waals surface area contributed by atoms with Crippen molar-refractivity contribution < 1.29 is 18.5 Å². The number of rotatable bonds is 4. The highest BCUT2D eigenvalue weighted by atomic mass is 31.2. The molecule has 13 heavy (non-hydrogen) atoms. The molecule has 0 aliphatic rings. The third kappa shape index (κ3) is 18.8. The summed E-state index contributed by atoms with van der Waals surface area (Å²) in [6, 6.07) is 0. The van der Waals surface area contributed by atoms with E-state index in [0.29, 0.717) is 0 Å². The molecule has 0 rings (SSSR count). The van der Waals surface area contributed by atoms with Crippen molar-refractivity contribution in [3.63, 3.8) is 0 Å². The molecule has 0 fully saturated rings. The van der Waals surface area contributed by atoms with Crippen molar-refractivity contribution in [3.8, 4) is 0 Å². The van der Waals surface area contributed by atoms with Crippen molar-refractivity contribution >= 4 is 7.82 Å². The molecule has 0 aromatic carbocycles. The van der Waals surface area contributed by atoms with E-state index in [0.717, 1.165) is 0 Å². The van der Waals surface area contributed by atoms with Crippen LogP contribution < -0.4 is 0 Å². The zero-order valence-electron chi connectivity index (χ0n) is 5.53. The highest BCUT2D eigenvalue weighted by molar-refractivity contribution is 7.47. The Morgan fingerprint density at radius 1 is 1.00 bits per heavy atom. The lowest BCUT2D eigenvalue weighted by atomic mass is 10.9. The topological polar surface area (TPSA) is 55.8 Å². The zero-order valence-corrected chi connectivity index (χ0v) is 6.43. The minimum atomic E-state index is -3.69. The van der Waals surface area contributed by atoms with Gasteiger partial charge in [-0.15, -0.1) is 0 Å². The Morgan fingerprint density at radius 3 is 1.38 bits per heavy atom. The molecule has 88 valence electrons. The second-order valence-corrected chi connectivity index (χ2v) is 2.76. The van der Waals surface area contributed by atoms with Crippen molar-refractivity contribution in [2.75, 3.05) is 13.2 Å². The predicted octanol–water partition coefficient (Wildman–Crippen LogP) is 3.70. The second kappa shape index (κ2) is 14.6. The Hall–Kier alpha value is 0.110. The Balaban J connectivity index is -0.0000000533. The summed E-state index contributed by atoms with van der Waals surface area (Å²) in [6.45, 7) is 3.63. The first-order chi connectivity index (χ1) is 4.12. The Kier molecular flexibility index (Phi) is 32.9. The molecule has 4 nitrogen and oxygen atoms in total. The summed E-state index contributed by atoms with van der Waals surface area (Å²) < 4.78 is 19.2. The molecule has 0 saturated heterocycles. The Morgan fingerprint density at radius 2 is 1.23 bits per heavy atom. The molecular formula is C8H27O4P. The predicted molar refractivity (Wildman–Crippen MR) is 60.0 cm³/mol. The van der Waals surface area contributed by atoms with E-state index in [9.17, 15) is 4.57 Å². The van der Waals surface area contributed by atoms with Gasteiger partial charge in [-0.1, -0.05) is 29.7 Å². The van der Waals surface area contributed by atoms with Gasteiger partial charge in [-0.25, -0.2) is 4.57 Å². The van der Waals surface area contributed by atoms with Gasteiger partial charge >= 0.3 is 7.82 Å². The fourth-order valence-electron chi connectivity index (χ4n) is 0.364. The molecule has 0 heterocycles. The third-order valence-corrected chi connectivity index (χ3v) is 1.75. The largest absolute Gasteiger partial charge is 0.472 e. The van der Waals surface area contributed by atoms with E-state index >= 15 is 0 Å². The fraction of sp³-hybridized carbons (Fsp3) is 1.00. The zero-order chi connectivity index (χ0) is 7.33. The van der Waals surface area contributed by atoms with E-state index in [1.54, 1.807) is 13.8 Å². The maximum absolute atomic E-state index is 10.5. The van der Waals surface area contributed by atoms with Crippen molar-refractivity contribution in [1.82, 2.24) is 0 Å². The van der Waals surface area contributed by atoms with Crippen LogP contribution in [-0.4, -0.2) is 18.1 Å². The molecule has 0 atom stereocenters. The number of hydrogen-bond donors (Lipinski definition) is 1. The lowest BCUT2D eigenvalue weighted by molar-refractivity contribution is 0.161. The normalized spacial score (nSPS) is 8.23. The minimum absolute atomic E-state index is 0. The van der Waals surface area contributed by atoms with E-state index in [-0.39, 0.29) is 42.9 Å². The van der Waals surface area contributed by atoms with Crippen molar-refractivity contribution in [1.29, 1.82) is 0 Å². The van der Waals surface area contributed by atoms with E-state index < -0.39 is 7.82 Å². The van der Waals surface area contributed by atoms with Crippen LogP contribution in [0.2, 0.25) is 0 Å². The SMILES string of the molecule is C.C.C.C.CCOP(=O)(O)OCC. The summed E-state index contributed by atoms with van der Waals surface area (Å²) in [7, 11) is -3.69. The summed E-state index contributed by atoms with van der Waals surface area (Å²) in [6.07, 6.45) is 0. The third-order valence-electron chi connectivity index (χ3n) is 0.584. The lowest BCUT2D eigenvalue weighted by Gasteiger charge is -2.07. The van der Waals surface area contributed by atoms with Crippen LogP contribution in [-0.2, 0) is 13.6 Å². The maximum atomic E-state index is 10.5. The van der Waals surface area contributed by atoms with Crippen molar-refractivity contribution in [3.05, 3.63) is 0 Å². The molecule has 0 aliphatic heterocycles. The number of hydrogen-bond acceptors (Lipinski definition) is 3. The van der Waals surface area contributed by atoms with Gasteiger partial charge in [-0.3, -0.25) is 9.05 Å². The van der Waals surface area contributed by atoms with Gasteiger partial charge < -0.3 is 4.89 Å². The highest BCUT2D eigenvalue weighted by Crippen LogP contribution is 2.42. The molecule has 1 N–H and O–H groups in total. The molecule has 0 amide bonds. The molecule has 0 bridgehead atoms. The van der Waals surface area contributed by atoms with Gasteiger partial charge in [0.15, 0.2) is 0 Å². The van der Waals surface area contributed by atoms with Gasteiger partial charge in [0, 0.05) is 0 Å². The van der Waals surface area contributed by atoms with E-state index in [1.165, 1.54) is 0 Å². The van der Waals surface area contributed by atoms with Crippen LogP contribution >= 0.6 is 7.82 Å². The second-order valence-electron chi connectivity index (χ2n) is 1.30. The first kappa shape index (κ1) is 29.2. The first-order valence-electron chi connectivity index (χ1n) is 2.74. The molecule has 0 spiro atoms. The van der Waals surface area contributed by atoms with Gasteiger partial charge in [0.1, 0.15) is 0 Å².